The van der Waals surface area contributed by atoms with Crippen molar-refractivity contribution >= 4 is 16.7 Å². The molecule has 4 nitrogen and oxygen atoms in total. The Morgan fingerprint density at radius 2 is 2.06 bits per heavy atom. The van der Waals surface area contributed by atoms with Gasteiger partial charge >= 0.3 is 0 Å². The van der Waals surface area contributed by atoms with E-state index in [4.69, 9.17) is 0 Å². The summed E-state index contributed by atoms with van der Waals surface area (Å²) in [6, 6.07) is 0.637. The van der Waals surface area contributed by atoms with E-state index in [1.54, 1.807) is 0 Å². The molecule has 1 atom stereocenters. The van der Waals surface area contributed by atoms with Crippen molar-refractivity contribution in [2.24, 2.45) is 0 Å². The number of hydrogen-bond acceptors (Lipinski definition) is 5. The van der Waals surface area contributed by atoms with Gasteiger partial charge in [0.25, 0.3) is 0 Å². The average molecular weight is 256 g/mol. The minimum absolute atomic E-state index is 0.407. The maximum atomic E-state index is 4.45. The highest BCUT2D eigenvalue weighted by atomic mass is 32.1. The van der Waals surface area contributed by atoms with Crippen LogP contribution in [0.15, 0.2) is 0 Å². The number of nitrogens with one attached hydrogen (secondary N) is 1. The number of rotatable bonds is 7. The van der Waals surface area contributed by atoms with Crippen molar-refractivity contribution in [3.05, 3.63) is 5.82 Å². The molecular weight excluding hydrogens is 232 g/mol. The monoisotopic (exact) mass is 256 g/mol. The van der Waals surface area contributed by atoms with Gasteiger partial charge in [0.15, 0.2) is 0 Å². The van der Waals surface area contributed by atoms with Crippen molar-refractivity contribution in [3.63, 3.8) is 0 Å². The van der Waals surface area contributed by atoms with Crippen LogP contribution >= 0.6 is 11.5 Å². The predicted octanol–water partition coefficient (Wildman–Crippen LogP) is 2.80. The number of aromatic nitrogens is 2. The van der Waals surface area contributed by atoms with Crippen molar-refractivity contribution in [3.8, 4) is 0 Å². The lowest BCUT2D eigenvalue weighted by molar-refractivity contribution is 0.261. The van der Waals surface area contributed by atoms with Crippen LogP contribution in [0.1, 0.15) is 45.9 Å². The molecule has 1 rings (SSSR count). The van der Waals surface area contributed by atoms with E-state index < -0.39 is 0 Å². The molecule has 0 spiro atoms. The van der Waals surface area contributed by atoms with Crippen molar-refractivity contribution in [1.82, 2.24) is 14.3 Å². The Morgan fingerprint density at radius 3 is 2.59 bits per heavy atom. The van der Waals surface area contributed by atoms with Crippen LogP contribution in [0.5, 0.6) is 0 Å². The van der Waals surface area contributed by atoms with Crippen LogP contribution in [0.3, 0.4) is 0 Å². The average Bonchev–Trinajstić information content (AvgIpc) is 2.76. The Hall–Kier alpha value is -0.680. The first-order chi connectivity index (χ1) is 8.04. The number of anilines is 1. The molecule has 1 aromatic rings. The molecule has 0 saturated carbocycles. The summed E-state index contributed by atoms with van der Waals surface area (Å²) in [5, 5.41) is 4.27. The molecular formula is C12H24N4S. The molecule has 0 aliphatic heterocycles. The third-order valence-corrected chi connectivity index (χ3v) is 3.73. The van der Waals surface area contributed by atoms with Gasteiger partial charge in [-0.2, -0.15) is 4.37 Å². The smallest absolute Gasteiger partial charge is 0.202 e. The summed E-state index contributed by atoms with van der Waals surface area (Å²) in [6.07, 6.45) is 1.19. The summed E-state index contributed by atoms with van der Waals surface area (Å²) >= 11 is 1.45. The van der Waals surface area contributed by atoms with E-state index in [-0.39, 0.29) is 0 Å². The summed E-state index contributed by atoms with van der Waals surface area (Å²) in [7, 11) is 2.16. The highest BCUT2D eigenvalue weighted by Gasteiger charge is 2.08. The lowest BCUT2D eigenvalue weighted by Crippen LogP contribution is -2.32. The summed E-state index contributed by atoms with van der Waals surface area (Å²) in [5.41, 5.74) is 0. The minimum atomic E-state index is 0.407. The van der Waals surface area contributed by atoms with E-state index in [9.17, 15) is 0 Å². The van der Waals surface area contributed by atoms with E-state index in [1.807, 2.05) is 0 Å². The standard InChI is InChI=1S/C12H24N4S/c1-6-10(4)16(5)8-7-13-12-14-11(9(2)3)15-17-12/h9-10H,6-8H2,1-5H3,(H,13,14,15). The largest absolute Gasteiger partial charge is 0.359 e. The van der Waals surface area contributed by atoms with Gasteiger partial charge < -0.3 is 10.2 Å². The lowest BCUT2D eigenvalue weighted by atomic mass is 10.2. The van der Waals surface area contributed by atoms with E-state index in [1.165, 1.54) is 18.0 Å². The van der Waals surface area contributed by atoms with Crippen molar-refractivity contribution in [2.45, 2.75) is 46.1 Å². The van der Waals surface area contributed by atoms with Crippen molar-refractivity contribution < 1.29 is 0 Å². The molecule has 17 heavy (non-hydrogen) atoms. The second-order valence-corrected chi connectivity index (χ2v) is 5.53. The first kappa shape index (κ1) is 14.4. The summed E-state index contributed by atoms with van der Waals surface area (Å²) in [4.78, 5) is 6.81. The molecule has 5 heteroatoms. The van der Waals surface area contributed by atoms with E-state index in [0.29, 0.717) is 12.0 Å². The molecule has 1 N–H and O–H groups in total. The highest BCUT2D eigenvalue weighted by molar-refractivity contribution is 7.09. The summed E-state index contributed by atoms with van der Waals surface area (Å²) in [5.74, 6) is 1.34. The van der Waals surface area contributed by atoms with Crippen LogP contribution in [0.25, 0.3) is 0 Å². The fourth-order valence-electron chi connectivity index (χ4n) is 1.41. The number of nitrogens with zero attached hydrogens (tertiary/aromatic N) is 3. The first-order valence-corrected chi connectivity index (χ1v) is 7.09. The van der Waals surface area contributed by atoms with Gasteiger partial charge in [-0.15, -0.1) is 0 Å². The molecule has 98 valence electrons. The van der Waals surface area contributed by atoms with Gasteiger partial charge in [0, 0.05) is 36.6 Å². The molecule has 0 amide bonds. The Labute approximate surface area is 109 Å². The van der Waals surface area contributed by atoms with Crippen LogP contribution in [-0.4, -0.2) is 40.4 Å². The van der Waals surface area contributed by atoms with Crippen molar-refractivity contribution in [1.29, 1.82) is 0 Å². The van der Waals surface area contributed by atoms with E-state index in [0.717, 1.165) is 24.0 Å². The van der Waals surface area contributed by atoms with Crippen LogP contribution in [-0.2, 0) is 0 Å². The third-order valence-electron chi connectivity index (χ3n) is 3.04. The second kappa shape index (κ2) is 6.91. The molecule has 0 fully saturated rings. The molecule has 0 saturated heterocycles. The third kappa shape index (κ3) is 4.60. The number of hydrogen-bond donors (Lipinski definition) is 1. The van der Waals surface area contributed by atoms with Gasteiger partial charge in [-0.3, -0.25) is 0 Å². The quantitative estimate of drug-likeness (QED) is 0.814. The summed E-state index contributed by atoms with van der Waals surface area (Å²) in [6.45, 7) is 10.7. The molecule has 0 bridgehead atoms. The Kier molecular flexibility index (Phi) is 5.85. The van der Waals surface area contributed by atoms with Crippen molar-refractivity contribution in [2.75, 3.05) is 25.5 Å². The topological polar surface area (TPSA) is 41.0 Å². The Balaban J connectivity index is 2.30. The van der Waals surface area contributed by atoms with Gasteiger partial charge in [0.1, 0.15) is 5.82 Å². The Bertz CT molecular complexity index is 324. The molecule has 0 aliphatic carbocycles. The van der Waals surface area contributed by atoms with E-state index in [2.05, 4.69) is 54.3 Å². The van der Waals surface area contributed by atoms with E-state index >= 15 is 0 Å². The SMILES string of the molecule is CCC(C)N(C)CCNc1nc(C(C)C)ns1. The zero-order valence-electron chi connectivity index (χ0n) is 11.5. The fourth-order valence-corrected chi connectivity index (χ4v) is 2.15. The number of likely N-dealkylation sites (N-methyl/N-ethyl adjacent to an activating group) is 1. The molecule has 0 aromatic carbocycles. The van der Waals surface area contributed by atoms with Gasteiger partial charge in [-0.1, -0.05) is 20.8 Å². The molecule has 1 aromatic heterocycles. The molecule has 0 radical (unpaired) electrons. The lowest BCUT2D eigenvalue weighted by Gasteiger charge is -2.23. The maximum absolute atomic E-state index is 4.45. The van der Waals surface area contributed by atoms with Gasteiger partial charge in [0.05, 0.1) is 0 Å². The van der Waals surface area contributed by atoms with Gasteiger partial charge in [0.2, 0.25) is 5.13 Å². The zero-order valence-corrected chi connectivity index (χ0v) is 12.3. The zero-order chi connectivity index (χ0) is 12.8. The van der Waals surface area contributed by atoms with Crippen LogP contribution < -0.4 is 5.32 Å². The minimum Gasteiger partial charge on any atom is -0.359 e. The summed E-state index contributed by atoms with van der Waals surface area (Å²) < 4.78 is 4.32. The molecule has 1 unspecified atom stereocenters. The first-order valence-electron chi connectivity index (χ1n) is 6.32. The van der Waals surface area contributed by atoms with Crippen LogP contribution in [0.2, 0.25) is 0 Å². The highest BCUT2D eigenvalue weighted by Crippen LogP contribution is 2.16. The molecule has 0 aliphatic rings. The van der Waals surface area contributed by atoms with Crippen LogP contribution in [0, 0.1) is 0 Å². The Morgan fingerprint density at radius 1 is 1.35 bits per heavy atom. The fraction of sp³-hybridized carbons (Fsp3) is 0.833. The normalized spacial score (nSPS) is 13.4. The van der Waals surface area contributed by atoms with Crippen LogP contribution in [0.4, 0.5) is 5.13 Å². The second-order valence-electron chi connectivity index (χ2n) is 4.78. The predicted molar refractivity (Wildman–Crippen MR) is 74.9 cm³/mol. The van der Waals surface area contributed by atoms with Gasteiger partial charge in [-0.05, 0) is 20.4 Å². The van der Waals surface area contributed by atoms with Gasteiger partial charge in [-0.25, -0.2) is 4.98 Å². The maximum Gasteiger partial charge on any atom is 0.202 e. The molecule has 1 heterocycles.